The summed E-state index contributed by atoms with van der Waals surface area (Å²) in [5.41, 5.74) is 9.65. The first-order valence-electron chi connectivity index (χ1n) is 6.92. The maximum Gasteiger partial charge on any atom is 0.0766 e. The van der Waals surface area contributed by atoms with Crippen LogP contribution in [-0.2, 0) is 19.4 Å². The summed E-state index contributed by atoms with van der Waals surface area (Å²) in [7, 11) is 0. The summed E-state index contributed by atoms with van der Waals surface area (Å²) in [4.78, 5) is 0. The van der Waals surface area contributed by atoms with Gasteiger partial charge in [0.15, 0.2) is 0 Å². The van der Waals surface area contributed by atoms with Crippen LogP contribution in [0.4, 0.5) is 0 Å². The van der Waals surface area contributed by atoms with E-state index < -0.39 is 0 Å². The molecule has 1 atom stereocenters. The quantitative estimate of drug-likeness (QED) is 0.727. The molecule has 1 aromatic carbocycles. The van der Waals surface area contributed by atoms with Crippen LogP contribution in [0.5, 0.6) is 0 Å². The molecule has 3 nitrogen and oxygen atoms in total. The van der Waals surface area contributed by atoms with E-state index in [2.05, 4.69) is 50.8 Å². The molecule has 1 unspecified atom stereocenters. The molecule has 0 bridgehead atoms. The molecule has 1 aromatic heterocycles. The summed E-state index contributed by atoms with van der Waals surface area (Å²) < 4.78 is 3.97. The molecule has 2 rings (SSSR count). The lowest BCUT2D eigenvalue weighted by atomic mass is 10.0. The zero-order chi connectivity index (χ0) is 15.6. The topological polar surface area (TPSA) is 43.8 Å². The molecule has 6 heteroatoms. The Morgan fingerprint density at radius 1 is 1.33 bits per heavy atom. The number of nitrogens with two attached hydrogens (primary N) is 1. The Hall–Kier alpha value is -0.360. The van der Waals surface area contributed by atoms with Crippen LogP contribution >= 0.6 is 43.5 Å². The Morgan fingerprint density at radius 2 is 2.05 bits per heavy atom. The number of hydrogen-bond donors (Lipinski definition) is 1. The van der Waals surface area contributed by atoms with Gasteiger partial charge in [-0.1, -0.05) is 24.6 Å². The van der Waals surface area contributed by atoms with Gasteiger partial charge >= 0.3 is 0 Å². The molecule has 21 heavy (non-hydrogen) atoms. The van der Waals surface area contributed by atoms with Crippen LogP contribution in [0.15, 0.2) is 27.1 Å². The number of rotatable bonds is 5. The third kappa shape index (κ3) is 3.70. The summed E-state index contributed by atoms with van der Waals surface area (Å²) in [6.07, 6.45) is 1.64. The first kappa shape index (κ1) is 17.0. The average Bonchev–Trinajstić information content (AvgIpc) is 2.78. The van der Waals surface area contributed by atoms with Crippen molar-refractivity contribution in [2.45, 2.75) is 39.3 Å². The molecular weight excluding hydrogens is 417 g/mol. The largest absolute Gasteiger partial charge is 0.324 e. The molecule has 0 radical (unpaired) electrons. The van der Waals surface area contributed by atoms with Crippen molar-refractivity contribution in [3.05, 3.63) is 49.1 Å². The Labute approximate surface area is 147 Å². The molecule has 0 saturated heterocycles. The number of benzene rings is 1. The fraction of sp³-hybridized carbons (Fsp3) is 0.400. The Balaban J connectivity index is 2.28. The minimum absolute atomic E-state index is 0.0958. The van der Waals surface area contributed by atoms with E-state index >= 15 is 0 Å². The zero-order valence-electron chi connectivity index (χ0n) is 12.0. The van der Waals surface area contributed by atoms with Crippen LogP contribution in [0.25, 0.3) is 0 Å². The van der Waals surface area contributed by atoms with Gasteiger partial charge in [-0.2, -0.15) is 5.10 Å². The van der Waals surface area contributed by atoms with Crippen LogP contribution in [0, 0.1) is 0 Å². The van der Waals surface area contributed by atoms with E-state index in [1.54, 1.807) is 0 Å². The predicted molar refractivity (Wildman–Crippen MR) is 94.8 cm³/mol. The lowest BCUT2D eigenvalue weighted by molar-refractivity contribution is 0.584. The summed E-state index contributed by atoms with van der Waals surface area (Å²) in [5, 5.41) is 5.30. The van der Waals surface area contributed by atoms with Crippen LogP contribution < -0.4 is 5.73 Å². The Bertz CT molecular complexity index is 640. The maximum absolute atomic E-state index is 6.36. The van der Waals surface area contributed by atoms with Crippen LogP contribution in [0.3, 0.4) is 0 Å². The zero-order valence-corrected chi connectivity index (χ0v) is 16.0. The summed E-state index contributed by atoms with van der Waals surface area (Å²) in [6, 6.07) is 5.72. The van der Waals surface area contributed by atoms with Crippen molar-refractivity contribution in [3.8, 4) is 0 Å². The second kappa shape index (κ2) is 7.27. The third-order valence-corrected chi connectivity index (χ3v) is 5.61. The standard InChI is InChI=1S/C15H18Br2ClN3/c1-3-13-15(17)14(21(4-2)20-13)8-12(19)9-5-6-11(18)10(16)7-9/h5-7,12H,3-4,8,19H2,1-2H3. The fourth-order valence-corrected chi connectivity index (χ4v) is 3.52. The van der Waals surface area contributed by atoms with E-state index in [1.807, 2.05) is 22.9 Å². The Kier molecular flexibility index (Phi) is 5.88. The number of hydrogen-bond acceptors (Lipinski definition) is 2. The SMILES string of the molecule is CCc1nn(CC)c(CC(N)c2ccc(Cl)c(Br)c2)c1Br. The predicted octanol–water partition coefficient (Wildman–Crippen LogP) is 4.89. The molecular formula is C15H18Br2ClN3. The van der Waals surface area contributed by atoms with E-state index in [0.29, 0.717) is 5.02 Å². The molecule has 0 saturated carbocycles. The molecule has 2 N–H and O–H groups in total. The molecule has 0 spiro atoms. The van der Waals surface area contributed by atoms with Crippen molar-refractivity contribution in [1.29, 1.82) is 0 Å². The van der Waals surface area contributed by atoms with Gasteiger partial charge in [0.25, 0.3) is 0 Å². The highest BCUT2D eigenvalue weighted by atomic mass is 79.9. The maximum atomic E-state index is 6.36. The summed E-state index contributed by atoms with van der Waals surface area (Å²) in [5.74, 6) is 0. The molecule has 114 valence electrons. The van der Waals surface area contributed by atoms with E-state index in [1.165, 1.54) is 0 Å². The van der Waals surface area contributed by atoms with Gasteiger partial charge in [0.1, 0.15) is 0 Å². The highest BCUT2D eigenvalue weighted by molar-refractivity contribution is 9.10. The molecule has 0 aliphatic heterocycles. The average molecular weight is 436 g/mol. The second-order valence-electron chi connectivity index (χ2n) is 4.86. The first-order valence-corrected chi connectivity index (χ1v) is 8.88. The van der Waals surface area contributed by atoms with Crippen molar-refractivity contribution in [2.24, 2.45) is 5.73 Å². The first-order chi connectivity index (χ1) is 9.97. The number of halogens is 3. The molecule has 0 aliphatic carbocycles. The monoisotopic (exact) mass is 433 g/mol. The van der Waals surface area contributed by atoms with Crippen molar-refractivity contribution in [1.82, 2.24) is 9.78 Å². The van der Waals surface area contributed by atoms with E-state index in [4.69, 9.17) is 17.3 Å². The van der Waals surface area contributed by atoms with Gasteiger partial charge in [0, 0.05) is 23.5 Å². The molecule has 2 aromatic rings. The lowest BCUT2D eigenvalue weighted by Crippen LogP contribution is -2.16. The number of aryl methyl sites for hydroxylation is 2. The van der Waals surface area contributed by atoms with Crippen molar-refractivity contribution >= 4 is 43.5 Å². The van der Waals surface area contributed by atoms with Gasteiger partial charge in [-0.25, -0.2) is 0 Å². The van der Waals surface area contributed by atoms with E-state index in [-0.39, 0.29) is 6.04 Å². The van der Waals surface area contributed by atoms with Gasteiger partial charge in [-0.05, 0) is 62.9 Å². The van der Waals surface area contributed by atoms with Crippen molar-refractivity contribution in [3.63, 3.8) is 0 Å². The van der Waals surface area contributed by atoms with Gasteiger partial charge in [-0.3, -0.25) is 4.68 Å². The normalized spacial score (nSPS) is 12.7. The minimum Gasteiger partial charge on any atom is -0.324 e. The van der Waals surface area contributed by atoms with Crippen molar-refractivity contribution < 1.29 is 0 Å². The van der Waals surface area contributed by atoms with E-state index in [0.717, 1.165) is 45.3 Å². The second-order valence-corrected chi connectivity index (χ2v) is 6.92. The van der Waals surface area contributed by atoms with Crippen LogP contribution in [0.2, 0.25) is 5.02 Å². The fourth-order valence-electron chi connectivity index (χ4n) is 2.28. The Morgan fingerprint density at radius 3 is 2.62 bits per heavy atom. The molecule has 0 aliphatic rings. The molecule has 0 fully saturated rings. The molecule has 0 amide bonds. The summed E-state index contributed by atoms with van der Waals surface area (Å²) >= 11 is 13.1. The summed E-state index contributed by atoms with van der Waals surface area (Å²) in [6.45, 7) is 5.03. The minimum atomic E-state index is -0.0958. The smallest absolute Gasteiger partial charge is 0.0766 e. The highest BCUT2D eigenvalue weighted by Crippen LogP contribution is 2.29. The molecule has 1 heterocycles. The van der Waals surface area contributed by atoms with Gasteiger partial charge in [0.2, 0.25) is 0 Å². The van der Waals surface area contributed by atoms with Gasteiger partial charge in [-0.15, -0.1) is 0 Å². The van der Waals surface area contributed by atoms with E-state index in [9.17, 15) is 0 Å². The van der Waals surface area contributed by atoms with Crippen molar-refractivity contribution in [2.75, 3.05) is 0 Å². The number of aromatic nitrogens is 2. The van der Waals surface area contributed by atoms with Crippen LogP contribution in [0.1, 0.15) is 36.8 Å². The third-order valence-electron chi connectivity index (χ3n) is 3.48. The van der Waals surface area contributed by atoms with Crippen LogP contribution in [-0.4, -0.2) is 9.78 Å². The lowest BCUT2D eigenvalue weighted by Gasteiger charge is -2.14. The van der Waals surface area contributed by atoms with Gasteiger partial charge in [0.05, 0.1) is 20.9 Å². The number of nitrogens with zero attached hydrogens (tertiary/aromatic N) is 2. The van der Waals surface area contributed by atoms with Gasteiger partial charge < -0.3 is 5.73 Å². The highest BCUT2D eigenvalue weighted by Gasteiger charge is 2.18.